The van der Waals surface area contributed by atoms with Gasteiger partial charge in [-0.2, -0.15) is 0 Å². The topological polar surface area (TPSA) is 89.5 Å². The minimum Gasteiger partial charge on any atom is -0.465 e. The summed E-state index contributed by atoms with van der Waals surface area (Å²) in [5.74, 6) is -0.506. The van der Waals surface area contributed by atoms with Crippen molar-refractivity contribution >= 4 is 45.9 Å². The molecule has 0 aliphatic rings. The van der Waals surface area contributed by atoms with Gasteiger partial charge in [0.05, 0.1) is 18.4 Å². The van der Waals surface area contributed by atoms with Crippen molar-refractivity contribution in [3.8, 4) is 5.75 Å². The van der Waals surface area contributed by atoms with Gasteiger partial charge in [-0.05, 0) is 90.2 Å². The van der Waals surface area contributed by atoms with Crippen LogP contribution < -0.4 is 4.74 Å². The minimum absolute atomic E-state index is 0.230. The van der Waals surface area contributed by atoms with Gasteiger partial charge in [0, 0.05) is 13.2 Å². The molecule has 2 unspecified atom stereocenters. The summed E-state index contributed by atoms with van der Waals surface area (Å²) in [6, 6.07) is 9.71. The molecular weight excluding hydrogens is 601 g/mol. The highest BCUT2D eigenvalue weighted by atomic mass is 28.5. The van der Waals surface area contributed by atoms with Crippen molar-refractivity contribution in [2.75, 3.05) is 13.7 Å². The smallest absolute Gasteiger partial charge is 0.465 e. The molecule has 242 valence electrons. The number of rotatable bonds is 21. The zero-order valence-electron chi connectivity index (χ0n) is 28.2. The first-order valence-corrected chi connectivity index (χ1v) is 27.1. The summed E-state index contributed by atoms with van der Waals surface area (Å²) in [4.78, 5) is 25.9. The third kappa shape index (κ3) is 16.6. The largest absolute Gasteiger partial charge is 0.471 e. The fourth-order valence-corrected chi connectivity index (χ4v) is 18.7. The molecule has 0 amide bonds. The average Bonchev–Trinajstić information content (AvgIpc) is 2.86. The predicted molar refractivity (Wildman–Crippen MR) is 179 cm³/mol. The second kappa shape index (κ2) is 18.0. The fraction of sp³-hybridized carbons (Fsp3) is 0.733. The molecule has 1 aromatic rings. The number of para-hydroxylation sites is 1. The molecule has 1 aromatic carbocycles. The summed E-state index contributed by atoms with van der Waals surface area (Å²) < 4.78 is 37.1. The predicted octanol–water partition coefficient (Wildman–Crippen LogP) is 8.14. The van der Waals surface area contributed by atoms with Crippen molar-refractivity contribution in [3.63, 3.8) is 0 Å². The third-order valence-corrected chi connectivity index (χ3v) is 19.0. The van der Waals surface area contributed by atoms with E-state index < -0.39 is 34.0 Å². The van der Waals surface area contributed by atoms with Gasteiger partial charge in [-0.3, -0.25) is 9.59 Å². The maximum absolute atomic E-state index is 12.9. The summed E-state index contributed by atoms with van der Waals surface area (Å²) in [7, 11) is -7.93. The van der Waals surface area contributed by atoms with Gasteiger partial charge in [-0.25, -0.2) is 0 Å². The zero-order valence-corrected chi connectivity index (χ0v) is 32.2. The van der Waals surface area contributed by atoms with Crippen LogP contribution in [-0.4, -0.2) is 59.7 Å². The summed E-state index contributed by atoms with van der Waals surface area (Å²) in [5, 5.41) is 0. The van der Waals surface area contributed by atoms with Crippen molar-refractivity contribution in [1.29, 1.82) is 0 Å². The summed E-state index contributed by atoms with van der Waals surface area (Å²) in [5.41, 5.74) is 0. The van der Waals surface area contributed by atoms with E-state index in [1.807, 2.05) is 38.2 Å². The van der Waals surface area contributed by atoms with Crippen LogP contribution in [0.25, 0.3) is 0 Å². The van der Waals surface area contributed by atoms with Crippen LogP contribution in [0.15, 0.2) is 30.3 Å². The van der Waals surface area contributed by atoms with Crippen molar-refractivity contribution < 1.29 is 35.8 Å². The Morgan fingerprint density at radius 2 is 1.36 bits per heavy atom. The van der Waals surface area contributed by atoms with E-state index in [9.17, 15) is 9.59 Å². The monoisotopic (exact) mass is 658 g/mol. The van der Waals surface area contributed by atoms with Crippen LogP contribution in [0.5, 0.6) is 5.75 Å². The van der Waals surface area contributed by atoms with Crippen molar-refractivity contribution in [2.24, 2.45) is 11.8 Å². The molecule has 12 heteroatoms. The Balaban J connectivity index is 2.79. The Morgan fingerprint density at radius 3 is 1.88 bits per heavy atom. The van der Waals surface area contributed by atoms with Crippen LogP contribution in [0.1, 0.15) is 58.8 Å². The molecule has 8 nitrogen and oxygen atoms in total. The lowest BCUT2D eigenvalue weighted by molar-refractivity contribution is -0.149. The Morgan fingerprint density at radius 1 is 0.762 bits per heavy atom. The lowest BCUT2D eigenvalue weighted by Gasteiger charge is -2.42. The molecule has 0 fully saturated rings. The standard InChI is InChI=1S/C30H58O8Si4/c1-12-13-15-19-27(30(32)35-28-20-16-14-17-21-28)23-22-26(2)29(31)34-24-18-25-42(36-39(4,5)6,37-40(7,8)9)38-41(10,11)33-3/h14,16-17,20-21,26-27H,12-13,15,18-19,22-25H2,1-11H3. The number of esters is 2. The maximum Gasteiger partial charge on any atom is 0.471 e. The summed E-state index contributed by atoms with van der Waals surface area (Å²) >= 11 is 0. The molecule has 0 aliphatic heterocycles. The number of unbranched alkanes of at least 4 members (excludes halogenated alkanes) is 2. The van der Waals surface area contributed by atoms with E-state index in [4.69, 9.17) is 26.2 Å². The molecule has 0 heterocycles. The quantitative estimate of drug-likeness (QED) is 0.0566. The Hall–Kier alpha value is -1.13. The number of hydrogen-bond acceptors (Lipinski definition) is 8. The molecule has 42 heavy (non-hydrogen) atoms. The Bertz CT molecular complexity index is 915. The fourth-order valence-electron chi connectivity index (χ4n) is 4.45. The van der Waals surface area contributed by atoms with E-state index in [0.717, 1.165) is 25.7 Å². The van der Waals surface area contributed by atoms with Crippen molar-refractivity contribution in [2.45, 2.75) is 117 Å². The first-order valence-electron chi connectivity index (χ1n) is 15.5. The number of carbonyl (C=O) groups excluding carboxylic acids is 2. The van der Waals surface area contributed by atoms with Gasteiger partial charge < -0.3 is 26.2 Å². The van der Waals surface area contributed by atoms with Gasteiger partial charge in [-0.15, -0.1) is 0 Å². The second-order valence-corrected chi connectivity index (χ2v) is 29.5. The SMILES string of the molecule is CCCCCC(CCC(C)C(=O)OCCC[Si](O[Si](C)(C)C)(O[Si](C)(C)C)O[Si](C)(C)OC)C(=O)Oc1ccccc1. The summed E-state index contributed by atoms with van der Waals surface area (Å²) in [6.07, 6.45) is 5.58. The molecule has 0 N–H and O–H groups in total. The number of hydrogen-bond donors (Lipinski definition) is 0. The Labute approximate surface area is 260 Å². The van der Waals surface area contributed by atoms with Gasteiger partial charge >= 0.3 is 29.3 Å². The highest BCUT2D eigenvalue weighted by Gasteiger charge is 2.51. The number of benzene rings is 1. The molecule has 0 saturated carbocycles. The van der Waals surface area contributed by atoms with Crippen LogP contribution >= 0.6 is 0 Å². The highest BCUT2D eigenvalue weighted by Crippen LogP contribution is 2.30. The zero-order chi connectivity index (χ0) is 32.0. The van der Waals surface area contributed by atoms with Crippen LogP contribution in [0.4, 0.5) is 0 Å². The van der Waals surface area contributed by atoms with Crippen LogP contribution in [0, 0.1) is 11.8 Å². The van der Waals surface area contributed by atoms with E-state index in [1.165, 1.54) is 0 Å². The van der Waals surface area contributed by atoms with E-state index in [2.05, 4.69) is 46.2 Å². The molecule has 0 aliphatic carbocycles. The van der Waals surface area contributed by atoms with Gasteiger partial charge in [0.2, 0.25) is 0 Å². The van der Waals surface area contributed by atoms with E-state index in [-0.39, 0.29) is 30.4 Å². The lowest BCUT2D eigenvalue weighted by atomic mass is 9.92. The normalized spacial score (nSPS) is 14.4. The third-order valence-electron chi connectivity index (χ3n) is 6.49. The minimum atomic E-state index is -3.10. The van der Waals surface area contributed by atoms with E-state index in [0.29, 0.717) is 31.1 Å². The summed E-state index contributed by atoms with van der Waals surface area (Å²) in [6.45, 7) is 21.1. The Kier molecular flexibility index (Phi) is 16.7. The van der Waals surface area contributed by atoms with Crippen molar-refractivity contribution in [1.82, 2.24) is 0 Å². The molecule has 0 aromatic heterocycles. The number of carbonyl (C=O) groups is 2. The van der Waals surface area contributed by atoms with Crippen LogP contribution in [0.2, 0.25) is 58.4 Å². The van der Waals surface area contributed by atoms with Gasteiger partial charge in [0.15, 0.2) is 16.6 Å². The molecule has 0 bridgehead atoms. The second-order valence-electron chi connectivity index (χ2n) is 13.5. The molecule has 0 radical (unpaired) electrons. The molecular formula is C30H58O8Si4. The molecule has 2 atom stereocenters. The first-order chi connectivity index (χ1) is 19.4. The van der Waals surface area contributed by atoms with Gasteiger partial charge in [0.1, 0.15) is 5.75 Å². The first kappa shape index (κ1) is 38.9. The molecule has 1 rings (SSSR count). The number of ether oxygens (including phenoxy) is 2. The highest BCUT2D eigenvalue weighted by molar-refractivity contribution is 6.89. The van der Waals surface area contributed by atoms with E-state index in [1.54, 1.807) is 19.2 Å². The van der Waals surface area contributed by atoms with Crippen LogP contribution in [-0.2, 0) is 31.1 Å². The molecule has 0 spiro atoms. The molecule has 0 saturated heterocycles. The van der Waals surface area contributed by atoms with Crippen LogP contribution in [0.3, 0.4) is 0 Å². The maximum atomic E-state index is 12.9. The lowest BCUT2D eigenvalue weighted by Crippen LogP contribution is -2.61. The average molecular weight is 659 g/mol. The van der Waals surface area contributed by atoms with Gasteiger partial charge in [0.25, 0.3) is 0 Å². The van der Waals surface area contributed by atoms with Crippen molar-refractivity contribution in [3.05, 3.63) is 30.3 Å². The van der Waals surface area contributed by atoms with Gasteiger partial charge in [-0.1, -0.05) is 51.3 Å². The van der Waals surface area contributed by atoms with E-state index >= 15 is 0 Å².